The molecule has 1 fully saturated rings. The van der Waals surface area contributed by atoms with Crippen LogP contribution in [-0.4, -0.2) is 34.0 Å². The van der Waals surface area contributed by atoms with Crippen molar-refractivity contribution in [2.75, 3.05) is 27.9 Å². The van der Waals surface area contributed by atoms with Crippen molar-refractivity contribution < 1.29 is 14.2 Å². The van der Waals surface area contributed by atoms with Gasteiger partial charge in [-0.1, -0.05) is 13.0 Å². The third kappa shape index (κ3) is 2.85. The Morgan fingerprint density at radius 3 is 2.53 bits per heavy atom. The average Bonchev–Trinajstić information content (AvgIpc) is 2.86. The normalized spacial score (nSPS) is 24.2. The van der Waals surface area contributed by atoms with Gasteiger partial charge in [-0.15, -0.1) is 0 Å². The van der Waals surface area contributed by atoms with Crippen LogP contribution in [0.4, 0.5) is 0 Å². The summed E-state index contributed by atoms with van der Waals surface area (Å²) in [5, 5.41) is 3.36. The topological polar surface area (TPSA) is 39.7 Å². The Labute approximate surface area is 115 Å². The fraction of sp³-hybridized carbons (Fsp3) is 0.600. The number of ether oxygens (including phenoxy) is 3. The molecule has 19 heavy (non-hydrogen) atoms. The molecule has 0 saturated carbocycles. The molecule has 1 N–H and O–H groups in total. The minimum atomic E-state index is 0.178. The van der Waals surface area contributed by atoms with Crippen LogP contribution in [0.15, 0.2) is 18.2 Å². The predicted molar refractivity (Wildman–Crippen MR) is 74.9 cm³/mol. The van der Waals surface area contributed by atoms with E-state index in [-0.39, 0.29) is 12.1 Å². The van der Waals surface area contributed by atoms with Crippen molar-refractivity contribution in [1.82, 2.24) is 5.32 Å². The van der Waals surface area contributed by atoms with E-state index in [0.29, 0.717) is 5.92 Å². The standard InChI is InChI=1S/C15H23NO3/c1-10-7-8-19-15(10)14(16-2)11-5-6-12(17-3)13(9-11)18-4/h5-6,9-10,14-16H,7-8H2,1-4H3. The maximum atomic E-state index is 5.87. The number of nitrogens with one attached hydrogen (secondary N) is 1. The minimum absolute atomic E-state index is 0.178. The number of methoxy groups -OCH3 is 2. The lowest BCUT2D eigenvalue weighted by Gasteiger charge is -2.26. The highest BCUT2D eigenvalue weighted by molar-refractivity contribution is 5.44. The van der Waals surface area contributed by atoms with E-state index in [4.69, 9.17) is 14.2 Å². The zero-order valence-corrected chi connectivity index (χ0v) is 12.1. The van der Waals surface area contributed by atoms with Crippen LogP contribution in [0.3, 0.4) is 0 Å². The summed E-state index contributed by atoms with van der Waals surface area (Å²) >= 11 is 0. The summed E-state index contributed by atoms with van der Waals surface area (Å²) in [5.74, 6) is 2.07. The number of benzene rings is 1. The largest absolute Gasteiger partial charge is 0.493 e. The van der Waals surface area contributed by atoms with Crippen molar-refractivity contribution in [3.05, 3.63) is 23.8 Å². The van der Waals surface area contributed by atoms with E-state index in [1.807, 2.05) is 19.2 Å². The van der Waals surface area contributed by atoms with Gasteiger partial charge in [-0.25, -0.2) is 0 Å². The van der Waals surface area contributed by atoms with Crippen molar-refractivity contribution in [2.45, 2.75) is 25.5 Å². The molecule has 0 spiro atoms. The lowest BCUT2D eigenvalue weighted by molar-refractivity contribution is 0.0630. The molecule has 1 aromatic rings. The van der Waals surface area contributed by atoms with Crippen molar-refractivity contribution in [3.63, 3.8) is 0 Å². The summed E-state index contributed by atoms with van der Waals surface area (Å²) in [6.07, 6.45) is 1.33. The van der Waals surface area contributed by atoms with Gasteiger partial charge in [-0.2, -0.15) is 0 Å². The molecule has 0 aromatic heterocycles. The monoisotopic (exact) mass is 265 g/mol. The van der Waals surface area contributed by atoms with E-state index in [2.05, 4.69) is 18.3 Å². The van der Waals surface area contributed by atoms with Crippen molar-refractivity contribution in [3.8, 4) is 11.5 Å². The molecule has 1 aliphatic heterocycles. The average molecular weight is 265 g/mol. The summed E-state index contributed by atoms with van der Waals surface area (Å²) in [4.78, 5) is 0. The molecule has 106 valence electrons. The van der Waals surface area contributed by atoms with E-state index in [1.54, 1.807) is 14.2 Å². The van der Waals surface area contributed by atoms with Crippen LogP contribution >= 0.6 is 0 Å². The van der Waals surface area contributed by atoms with Crippen molar-refractivity contribution in [1.29, 1.82) is 0 Å². The minimum Gasteiger partial charge on any atom is -0.493 e. The van der Waals surface area contributed by atoms with Crippen LogP contribution in [0.25, 0.3) is 0 Å². The third-order valence-electron chi connectivity index (χ3n) is 3.85. The molecule has 0 radical (unpaired) electrons. The zero-order chi connectivity index (χ0) is 13.8. The molecule has 1 aromatic carbocycles. The summed E-state index contributed by atoms with van der Waals surface area (Å²) in [6, 6.07) is 6.21. The van der Waals surface area contributed by atoms with Gasteiger partial charge in [0.2, 0.25) is 0 Å². The summed E-state index contributed by atoms with van der Waals surface area (Å²) in [5.41, 5.74) is 1.17. The quantitative estimate of drug-likeness (QED) is 0.887. The molecule has 1 aliphatic rings. The Kier molecular flexibility index (Phi) is 4.66. The molecule has 4 nitrogen and oxygen atoms in total. The van der Waals surface area contributed by atoms with Crippen molar-refractivity contribution in [2.24, 2.45) is 5.92 Å². The smallest absolute Gasteiger partial charge is 0.161 e. The van der Waals surface area contributed by atoms with Crippen LogP contribution < -0.4 is 14.8 Å². The van der Waals surface area contributed by atoms with Gasteiger partial charge in [0.05, 0.1) is 26.4 Å². The van der Waals surface area contributed by atoms with Gasteiger partial charge in [0.25, 0.3) is 0 Å². The van der Waals surface area contributed by atoms with Gasteiger partial charge >= 0.3 is 0 Å². The molecule has 0 aliphatic carbocycles. The zero-order valence-electron chi connectivity index (χ0n) is 12.1. The summed E-state index contributed by atoms with van der Waals surface area (Å²) < 4.78 is 16.5. The molecule has 2 rings (SSSR count). The second-order valence-corrected chi connectivity index (χ2v) is 4.98. The molecular formula is C15H23NO3. The molecule has 1 heterocycles. The van der Waals surface area contributed by atoms with Crippen LogP contribution in [0.2, 0.25) is 0 Å². The Hall–Kier alpha value is -1.26. The van der Waals surface area contributed by atoms with Crippen LogP contribution in [0, 0.1) is 5.92 Å². The lowest BCUT2D eigenvalue weighted by Crippen LogP contribution is -2.32. The Bertz CT molecular complexity index is 422. The fourth-order valence-corrected chi connectivity index (χ4v) is 2.71. The van der Waals surface area contributed by atoms with Crippen molar-refractivity contribution >= 4 is 0 Å². The second kappa shape index (κ2) is 6.26. The highest BCUT2D eigenvalue weighted by Gasteiger charge is 2.32. The van der Waals surface area contributed by atoms with E-state index in [9.17, 15) is 0 Å². The molecule has 1 saturated heterocycles. The Morgan fingerprint density at radius 1 is 1.26 bits per heavy atom. The van der Waals surface area contributed by atoms with E-state index >= 15 is 0 Å². The van der Waals surface area contributed by atoms with Crippen LogP contribution in [0.5, 0.6) is 11.5 Å². The van der Waals surface area contributed by atoms with Crippen LogP contribution in [-0.2, 0) is 4.74 Å². The second-order valence-electron chi connectivity index (χ2n) is 4.98. The van der Waals surface area contributed by atoms with Gasteiger partial charge in [-0.3, -0.25) is 0 Å². The number of rotatable bonds is 5. The Balaban J connectivity index is 2.27. The summed E-state index contributed by atoms with van der Waals surface area (Å²) in [7, 11) is 5.27. The number of hydrogen-bond donors (Lipinski definition) is 1. The SMILES string of the molecule is CNC(c1ccc(OC)c(OC)c1)C1OCCC1C. The molecular weight excluding hydrogens is 242 g/mol. The maximum absolute atomic E-state index is 5.87. The molecule has 0 amide bonds. The predicted octanol–water partition coefficient (Wildman–Crippen LogP) is 2.39. The molecule has 4 heteroatoms. The number of hydrogen-bond acceptors (Lipinski definition) is 4. The van der Waals surface area contributed by atoms with Gasteiger partial charge in [0.15, 0.2) is 11.5 Å². The first kappa shape index (κ1) is 14.2. The van der Waals surface area contributed by atoms with Crippen LogP contribution in [0.1, 0.15) is 24.9 Å². The first-order chi connectivity index (χ1) is 9.21. The molecule has 3 unspecified atom stereocenters. The maximum Gasteiger partial charge on any atom is 0.161 e. The Morgan fingerprint density at radius 2 is 2.00 bits per heavy atom. The highest BCUT2D eigenvalue weighted by atomic mass is 16.5. The first-order valence-electron chi connectivity index (χ1n) is 6.72. The molecule has 0 bridgehead atoms. The first-order valence-corrected chi connectivity index (χ1v) is 6.72. The summed E-state index contributed by atoms with van der Waals surface area (Å²) in [6.45, 7) is 3.08. The van der Waals surface area contributed by atoms with Gasteiger partial charge < -0.3 is 19.5 Å². The van der Waals surface area contributed by atoms with E-state index in [1.165, 1.54) is 5.56 Å². The van der Waals surface area contributed by atoms with E-state index < -0.39 is 0 Å². The van der Waals surface area contributed by atoms with Gasteiger partial charge in [-0.05, 0) is 37.1 Å². The number of likely N-dealkylation sites (N-methyl/N-ethyl adjacent to an activating group) is 1. The fourth-order valence-electron chi connectivity index (χ4n) is 2.71. The van der Waals surface area contributed by atoms with Gasteiger partial charge in [0, 0.05) is 6.61 Å². The molecule has 3 atom stereocenters. The third-order valence-corrected chi connectivity index (χ3v) is 3.85. The van der Waals surface area contributed by atoms with Gasteiger partial charge in [0.1, 0.15) is 0 Å². The highest BCUT2D eigenvalue weighted by Crippen LogP contribution is 2.35. The lowest BCUT2D eigenvalue weighted by atomic mass is 9.92. The van der Waals surface area contributed by atoms with E-state index in [0.717, 1.165) is 24.5 Å².